The van der Waals surface area contributed by atoms with Crippen molar-refractivity contribution in [3.8, 4) is 0 Å². The predicted molar refractivity (Wildman–Crippen MR) is 95.2 cm³/mol. The fourth-order valence-corrected chi connectivity index (χ4v) is 2.39. The SMILES string of the molecule is CCN(C)C(=O)C(C)NC(=O)NC(CCC(=O)O)Cc1ccccc1. The molecule has 0 spiro atoms. The van der Waals surface area contributed by atoms with Crippen LogP contribution < -0.4 is 10.6 Å². The van der Waals surface area contributed by atoms with E-state index in [1.165, 1.54) is 4.90 Å². The molecule has 1 rings (SSSR count). The van der Waals surface area contributed by atoms with Gasteiger partial charge in [0.15, 0.2) is 0 Å². The molecule has 2 atom stereocenters. The average Bonchev–Trinajstić information content (AvgIpc) is 2.58. The van der Waals surface area contributed by atoms with E-state index in [1.54, 1.807) is 14.0 Å². The molecule has 1 aromatic carbocycles. The van der Waals surface area contributed by atoms with Gasteiger partial charge in [0, 0.05) is 26.1 Å². The standard InChI is InChI=1S/C18H27N3O4/c1-4-21(3)17(24)13(2)19-18(25)20-15(10-11-16(22)23)12-14-8-6-5-7-9-14/h5-9,13,15H,4,10-12H2,1-3H3,(H,22,23)(H2,19,20,25). The van der Waals surface area contributed by atoms with Crippen LogP contribution in [0, 0.1) is 0 Å². The second kappa shape index (κ2) is 10.3. The van der Waals surface area contributed by atoms with Crippen molar-refractivity contribution in [2.24, 2.45) is 0 Å². The number of carboxylic acids is 1. The maximum Gasteiger partial charge on any atom is 0.315 e. The van der Waals surface area contributed by atoms with Gasteiger partial charge in [-0.25, -0.2) is 4.79 Å². The third-order valence-corrected chi connectivity index (χ3v) is 3.94. The number of benzene rings is 1. The van der Waals surface area contributed by atoms with Gasteiger partial charge in [-0.05, 0) is 32.3 Å². The van der Waals surface area contributed by atoms with Crippen LogP contribution in [0.5, 0.6) is 0 Å². The summed E-state index contributed by atoms with van der Waals surface area (Å²) in [7, 11) is 1.67. The number of amides is 3. The van der Waals surface area contributed by atoms with Crippen molar-refractivity contribution in [1.29, 1.82) is 0 Å². The van der Waals surface area contributed by atoms with E-state index in [4.69, 9.17) is 5.11 Å². The number of nitrogens with zero attached hydrogens (tertiary/aromatic N) is 1. The molecule has 0 aromatic heterocycles. The molecule has 3 amide bonds. The van der Waals surface area contributed by atoms with Crippen molar-refractivity contribution >= 4 is 17.9 Å². The highest BCUT2D eigenvalue weighted by Crippen LogP contribution is 2.08. The number of aliphatic carboxylic acids is 1. The summed E-state index contributed by atoms with van der Waals surface area (Å²) in [5, 5.41) is 14.3. The van der Waals surface area contributed by atoms with E-state index in [0.29, 0.717) is 19.4 Å². The first-order chi connectivity index (χ1) is 11.8. The first-order valence-electron chi connectivity index (χ1n) is 8.41. The third kappa shape index (κ3) is 7.69. The summed E-state index contributed by atoms with van der Waals surface area (Å²) in [6, 6.07) is 8.08. The van der Waals surface area contributed by atoms with Crippen LogP contribution in [-0.4, -0.2) is 53.6 Å². The highest BCUT2D eigenvalue weighted by atomic mass is 16.4. The number of carbonyl (C=O) groups is 3. The van der Waals surface area contributed by atoms with Gasteiger partial charge in [0.1, 0.15) is 6.04 Å². The molecule has 3 N–H and O–H groups in total. The largest absolute Gasteiger partial charge is 0.481 e. The molecule has 2 unspecified atom stereocenters. The quantitative estimate of drug-likeness (QED) is 0.631. The molecule has 0 aliphatic heterocycles. The number of likely N-dealkylation sites (N-methyl/N-ethyl adjacent to an activating group) is 1. The van der Waals surface area contributed by atoms with Crippen LogP contribution in [0.3, 0.4) is 0 Å². The Morgan fingerprint density at radius 2 is 1.80 bits per heavy atom. The highest BCUT2D eigenvalue weighted by molar-refractivity contribution is 5.86. The Hall–Kier alpha value is -2.57. The van der Waals surface area contributed by atoms with Gasteiger partial charge < -0.3 is 20.6 Å². The summed E-state index contributed by atoms with van der Waals surface area (Å²) >= 11 is 0. The van der Waals surface area contributed by atoms with E-state index >= 15 is 0 Å². The van der Waals surface area contributed by atoms with Crippen molar-refractivity contribution in [1.82, 2.24) is 15.5 Å². The average molecular weight is 349 g/mol. The molecule has 0 aliphatic carbocycles. The normalized spacial score (nSPS) is 12.8. The van der Waals surface area contributed by atoms with Crippen molar-refractivity contribution < 1.29 is 19.5 Å². The van der Waals surface area contributed by atoms with Crippen LogP contribution in [0.15, 0.2) is 30.3 Å². The lowest BCUT2D eigenvalue weighted by atomic mass is 10.0. The zero-order chi connectivity index (χ0) is 18.8. The summed E-state index contributed by atoms with van der Waals surface area (Å²) in [5.74, 6) is -1.09. The molecule has 0 saturated carbocycles. The van der Waals surface area contributed by atoms with Gasteiger partial charge in [0.05, 0.1) is 0 Å². The fraction of sp³-hybridized carbons (Fsp3) is 0.500. The Kier molecular flexibility index (Phi) is 8.46. The summed E-state index contributed by atoms with van der Waals surface area (Å²) in [6.07, 6.45) is 0.804. The minimum atomic E-state index is -0.909. The second-order valence-electron chi connectivity index (χ2n) is 6.01. The van der Waals surface area contributed by atoms with Crippen LogP contribution in [0.2, 0.25) is 0 Å². The number of hydrogen-bond donors (Lipinski definition) is 3. The maximum absolute atomic E-state index is 12.2. The molecule has 7 nitrogen and oxygen atoms in total. The number of rotatable bonds is 9. The Morgan fingerprint density at radius 3 is 2.36 bits per heavy atom. The number of nitrogens with one attached hydrogen (secondary N) is 2. The van der Waals surface area contributed by atoms with Crippen LogP contribution in [0.1, 0.15) is 32.3 Å². The molecule has 138 valence electrons. The second-order valence-corrected chi connectivity index (χ2v) is 6.01. The lowest BCUT2D eigenvalue weighted by Crippen LogP contribution is -2.51. The Bertz CT molecular complexity index is 577. The van der Waals surface area contributed by atoms with E-state index in [-0.39, 0.29) is 18.4 Å². The topological polar surface area (TPSA) is 98.7 Å². The van der Waals surface area contributed by atoms with Crippen LogP contribution >= 0.6 is 0 Å². The molecule has 0 radical (unpaired) electrons. The lowest BCUT2D eigenvalue weighted by molar-refractivity contribution is -0.137. The van der Waals surface area contributed by atoms with E-state index in [2.05, 4.69) is 10.6 Å². The predicted octanol–water partition coefficient (Wildman–Crippen LogP) is 1.63. The van der Waals surface area contributed by atoms with Gasteiger partial charge in [-0.3, -0.25) is 9.59 Å². The minimum absolute atomic E-state index is 0.0369. The van der Waals surface area contributed by atoms with Gasteiger partial charge in [-0.15, -0.1) is 0 Å². The molecule has 25 heavy (non-hydrogen) atoms. The zero-order valence-electron chi connectivity index (χ0n) is 15.0. The molecule has 0 saturated heterocycles. The van der Waals surface area contributed by atoms with E-state index in [0.717, 1.165) is 5.56 Å². The van der Waals surface area contributed by atoms with Crippen molar-refractivity contribution in [3.63, 3.8) is 0 Å². The zero-order valence-corrected chi connectivity index (χ0v) is 15.0. The van der Waals surface area contributed by atoms with Crippen molar-refractivity contribution in [3.05, 3.63) is 35.9 Å². The van der Waals surface area contributed by atoms with Crippen LogP contribution in [0.25, 0.3) is 0 Å². The van der Waals surface area contributed by atoms with Gasteiger partial charge >= 0.3 is 12.0 Å². The van der Waals surface area contributed by atoms with Gasteiger partial charge in [-0.1, -0.05) is 30.3 Å². The van der Waals surface area contributed by atoms with Gasteiger partial charge in [0.25, 0.3) is 0 Å². The molecule has 7 heteroatoms. The number of urea groups is 1. The monoisotopic (exact) mass is 349 g/mol. The van der Waals surface area contributed by atoms with Crippen molar-refractivity contribution in [2.75, 3.05) is 13.6 Å². The molecular weight excluding hydrogens is 322 g/mol. The summed E-state index contributed by atoms with van der Waals surface area (Å²) in [6.45, 7) is 4.03. The molecule has 0 heterocycles. The maximum atomic E-state index is 12.2. The van der Waals surface area contributed by atoms with Gasteiger partial charge in [0.2, 0.25) is 5.91 Å². The fourth-order valence-electron chi connectivity index (χ4n) is 2.39. The van der Waals surface area contributed by atoms with E-state index in [9.17, 15) is 14.4 Å². The Morgan fingerprint density at radius 1 is 1.16 bits per heavy atom. The molecule has 1 aromatic rings. The van der Waals surface area contributed by atoms with E-state index < -0.39 is 18.0 Å². The molecule has 0 fully saturated rings. The first kappa shape index (κ1) is 20.5. The highest BCUT2D eigenvalue weighted by Gasteiger charge is 2.20. The molecular formula is C18H27N3O4. The smallest absolute Gasteiger partial charge is 0.315 e. The lowest BCUT2D eigenvalue weighted by Gasteiger charge is -2.23. The number of carbonyl (C=O) groups excluding carboxylic acids is 2. The third-order valence-electron chi connectivity index (χ3n) is 3.94. The number of carboxylic acid groups (broad SMARTS) is 1. The molecule has 0 bridgehead atoms. The minimum Gasteiger partial charge on any atom is -0.481 e. The molecule has 0 aliphatic rings. The first-order valence-corrected chi connectivity index (χ1v) is 8.41. The van der Waals surface area contributed by atoms with E-state index in [1.807, 2.05) is 37.3 Å². The van der Waals surface area contributed by atoms with Crippen molar-refractivity contribution in [2.45, 2.75) is 45.2 Å². The van der Waals surface area contributed by atoms with Crippen LogP contribution in [0.4, 0.5) is 4.79 Å². The summed E-state index contributed by atoms with van der Waals surface area (Å²) < 4.78 is 0. The van der Waals surface area contributed by atoms with Gasteiger partial charge in [-0.2, -0.15) is 0 Å². The summed E-state index contributed by atoms with van der Waals surface area (Å²) in [5.41, 5.74) is 1.01. The summed E-state index contributed by atoms with van der Waals surface area (Å²) in [4.78, 5) is 36.5. The van der Waals surface area contributed by atoms with Crippen LogP contribution in [-0.2, 0) is 16.0 Å². The number of hydrogen-bond acceptors (Lipinski definition) is 3. The Balaban J connectivity index is 2.64. The Labute approximate surface area is 148 Å².